The van der Waals surface area contributed by atoms with Crippen LogP contribution in [0.5, 0.6) is 0 Å². The van der Waals surface area contributed by atoms with Crippen molar-refractivity contribution in [3.8, 4) is 0 Å². The zero-order valence-electron chi connectivity index (χ0n) is 14.1. The largest absolute Gasteiger partial charge is 0.444 e. The molecule has 0 saturated carbocycles. The van der Waals surface area contributed by atoms with E-state index in [-0.39, 0.29) is 18.0 Å². The van der Waals surface area contributed by atoms with Gasteiger partial charge >= 0.3 is 6.09 Å². The molecule has 1 aromatic rings. The van der Waals surface area contributed by atoms with Gasteiger partial charge in [-0.05, 0) is 68.5 Å². The molecule has 23 heavy (non-hydrogen) atoms. The number of piperazine rings is 1. The molecular weight excluding hydrogens is 410 g/mol. The molecule has 6 heteroatoms. The molecule has 0 N–H and O–H groups in total. The summed E-state index contributed by atoms with van der Waals surface area (Å²) < 4.78 is 20.4. The number of nitrogens with zero attached hydrogens (tertiary/aromatic N) is 2. The number of benzene rings is 1. The molecule has 0 spiro atoms. The van der Waals surface area contributed by atoms with Crippen LogP contribution in [-0.4, -0.2) is 47.2 Å². The highest BCUT2D eigenvalue weighted by Gasteiger charge is 2.30. The number of hydrogen-bond acceptors (Lipinski definition) is 3. The predicted molar refractivity (Wildman–Crippen MR) is 96.8 cm³/mol. The Morgan fingerprint density at radius 1 is 1.39 bits per heavy atom. The number of carbonyl (C=O) groups excluding carboxylic acids is 1. The summed E-state index contributed by atoms with van der Waals surface area (Å²) in [6.45, 7) is 10.2. The lowest BCUT2D eigenvalue weighted by Crippen LogP contribution is -2.54. The molecule has 1 atom stereocenters. The van der Waals surface area contributed by atoms with Crippen LogP contribution in [0.2, 0.25) is 0 Å². The molecule has 1 saturated heterocycles. The first kappa shape index (κ1) is 18.4. The van der Waals surface area contributed by atoms with Gasteiger partial charge in [0.05, 0.1) is 0 Å². The molecule has 1 aliphatic heterocycles. The number of hydrogen-bond donors (Lipinski definition) is 0. The van der Waals surface area contributed by atoms with Crippen molar-refractivity contribution < 1.29 is 13.9 Å². The second-order valence-electron chi connectivity index (χ2n) is 6.99. The van der Waals surface area contributed by atoms with Crippen molar-refractivity contribution in [3.05, 3.63) is 33.1 Å². The Morgan fingerprint density at radius 2 is 2.09 bits per heavy atom. The number of rotatable bonds is 2. The Hall–Kier alpha value is -0.890. The first-order valence-electron chi connectivity index (χ1n) is 7.81. The van der Waals surface area contributed by atoms with E-state index < -0.39 is 5.60 Å². The fourth-order valence-electron chi connectivity index (χ4n) is 2.67. The summed E-state index contributed by atoms with van der Waals surface area (Å²) in [6, 6.07) is 5.20. The van der Waals surface area contributed by atoms with Crippen molar-refractivity contribution in [1.82, 2.24) is 9.80 Å². The zero-order valence-corrected chi connectivity index (χ0v) is 16.3. The van der Waals surface area contributed by atoms with E-state index in [1.165, 1.54) is 6.07 Å². The van der Waals surface area contributed by atoms with Gasteiger partial charge in [-0.15, -0.1) is 0 Å². The van der Waals surface area contributed by atoms with Crippen LogP contribution in [-0.2, 0) is 11.3 Å². The van der Waals surface area contributed by atoms with Crippen LogP contribution in [0.15, 0.2) is 18.2 Å². The monoisotopic (exact) mass is 434 g/mol. The maximum atomic E-state index is 13.9. The molecule has 1 heterocycles. The van der Waals surface area contributed by atoms with Crippen molar-refractivity contribution >= 4 is 28.7 Å². The predicted octanol–water partition coefficient (Wildman–Crippen LogP) is 3.87. The van der Waals surface area contributed by atoms with Gasteiger partial charge in [0.1, 0.15) is 11.4 Å². The number of amides is 1. The van der Waals surface area contributed by atoms with Crippen molar-refractivity contribution in [3.63, 3.8) is 0 Å². The van der Waals surface area contributed by atoms with Crippen LogP contribution in [0.3, 0.4) is 0 Å². The van der Waals surface area contributed by atoms with E-state index in [1.54, 1.807) is 11.0 Å². The van der Waals surface area contributed by atoms with Crippen LogP contribution in [0.25, 0.3) is 0 Å². The first-order valence-corrected chi connectivity index (χ1v) is 8.89. The van der Waals surface area contributed by atoms with Gasteiger partial charge in [-0.2, -0.15) is 0 Å². The molecule has 0 bridgehead atoms. The van der Waals surface area contributed by atoms with E-state index in [9.17, 15) is 9.18 Å². The highest BCUT2D eigenvalue weighted by molar-refractivity contribution is 14.1. The second kappa shape index (κ2) is 7.34. The molecule has 1 fully saturated rings. The van der Waals surface area contributed by atoms with Gasteiger partial charge < -0.3 is 9.64 Å². The van der Waals surface area contributed by atoms with Crippen LogP contribution in [0.1, 0.15) is 33.3 Å². The molecule has 4 nitrogen and oxygen atoms in total. The summed E-state index contributed by atoms with van der Waals surface area (Å²) >= 11 is 2.19. The Bertz CT molecular complexity index is 574. The highest BCUT2D eigenvalue weighted by atomic mass is 127. The molecule has 0 aromatic heterocycles. The van der Waals surface area contributed by atoms with Gasteiger partial charge in [0, 0.05) is 41.4 Å². The fourth-order valence-corrected chi connectivity index (χ4v) is 3.23. The second-order valence-corrected chi connectivity index (χ2v) is 8.24. The topological polar surface area (TPSA) is 32.8 Å². The third-order valence-electron chi connectivity index (χ3n) is 3.74. The summed E-state index contributed by atoms with van der Waals surface area (Å²) in [4.78, 5) is 16.1. The maximum Gasteiger partial charge on any atom is 0.410 e. The van der Waals surface area contributed by atoms with E-state index in [1.807, 2.05) is 33.8 Å². The minimum Gasteiger partial charge on any atom is -0.444 e. The summed E-state index contributed by atoms with van der Waals surface area (Å²) in [6.07, 6.45) is -0.273. The Kier molecular flexibility index (Phi) is 5.89. The number of carbonyl (C=O) groups is 1. The molecule has 0 radical (unpaired) electrons. The van der Waals surface area contributed by atoms with Crippen molar-refractivity contribution in [2.75, 3.05) is 19.6 Å². The molecule has 1 amide bonds. The summed E-state index contributed by atoms with van der Waals surface area (Å²) in [5, 5.41) is 0. The van der Waals surface area contributed by atoms with E-state index in [4.69, 9.17) is 4.74 Å². The van der Waals surface area contributed by atoms with Crippen molar-refractivity contribution in [2.45, 2.75) is 45.9 Å². The van der Waals surface area contributed by atoms with Crippen molar-refractivity contribution in [1.29, 1.82) is 0 Å². The van der Waals surface area contributed by atoms with E-state index >= 15 is 0 Å². The number of ether oxygens (including phenoxy) is 1. The lowest BCUT2D eigenvalue weighted by molar-refractivity contribution is 0.000439. The minimum absolute atomic E-state index is 0.0458. The van der Waals surface area contributed by atoms with Crippen molar-refractivity contribution in [2.24, 2.45) is 0 Å². The SMILES string of the molecule is CC1CN(Cc2cc(I)ccc2F)CCN1C(=O)OC(C)(C)C. The minimum atomic E-state index is -0.488. The number of halogens is 2. The molecule has 0 aliphatic carbocycles. The summed E-state index contributed by atoms with van der Waals surface area (Å²) in [7, 11) is 0. The molecule has 1 unspecified atom stereocenters. The van der Waals surface area contributed by atoms with E-state index in [0.717, 1.165) is 3.57 Å². The zero-order chi connectivity index (χ0) is 17.2. The Balaban J connectivity index is 1.96. The van der Waals surface area contributed by atoms with Crippen LogP contribution < -0.4 is 0 Å². The molecule has 1 aromatic carbocycles. The lowest BCUT2D eigenvalue weighted by atomic mass is 10.1. The average molecular weight is 434 g/mol. The van der Waals surface area contributed by atoms with E-state index in [2.05, 4.69) is 27.5 Å². The van der Waals surface area contributed by atoms with E-state index in [0.29, 0.717) is 31.7 Å². The van der Waals surface area contributed by atoms with Crippen LogP contribution in [0, 0.1) is 9.39 Å². The quantitative estimate of drug-likeness (QED) is 0.663. The standard InChI is InChI=1S/C17H24FIN2O2/c1-12-10-20(11-13-9-14(19)5-6-15(13)18)7-8-21(12)16(22)23-17(2,3)4/h5-6,9,12H,7-8,10-11H2,1-4H3. The highest BCUT2D eigenvalue weighted by Crippen LogP contribution is 2.19. The normalized spacial score (nSPS) is 19.7. The van der Waals surface area contributed by atoms with Gasteiger partial charge in [0.15, 0.2) is 0 Å². The first-order chi connectivity index (χ1) is 10.7. The van der Waals surface area contributed by atoms with Gasteiger partial charge in [0.2, 0.25) is 0 Å². The third kappa shape index (κ3) is 5.31. The summed E-state index contributed by atoms with van der Waals surface area (Å²) in [5.41, 5.74) is 0.215. The molecular formula is C17H24FIN2O2. The lowest BCUT2D eigenvalue weighted by Gasteiger charge is -2.40. The van der Waals surface area contributed by atoms with Gasteiger partial charge in [-0.3, -0.25) is 4.90 Å². The van der Waals surface area contributed by atoms with Crippen LogP contribution >= 0.6 is 22.6 Å². The fraction of sp³-hybridized carbons (Fsp3) is 0.588. The molecule has 2 rings (SSSR count). The average Bonchev–Trinajstić information content (AvgIpc) is 2.41. The van der Waals surface area contributed by atoms with Gasteiger partial charge in [-0.1, -0.05) is 0 Å². The molecule has 128 valence electrons. The summed E-state index contributed by atoms with van der Waals surface area (Å²) in [5.74, 6) is -0.173. The van der Waals surface area contributed by atoms with Gasteiger partial charge in [-0.25, -0.2) is 9.18 Å². The third-order valence-corrected chi connectivity index (χ3v) is 4.41. The molecule has 1 aliphatic rings. The van der Waals surface area contributed by atoms with Gasteiger partial charge in [0.25, 0.3) is 0 Å². The Labute approximate surface area is 151 Å². The van der Waals surface area contributed by atoms with Crippen LogP contribution in [0.4, 0.5) is 9.18 Å². The smallest absolute Gasteiger partial charge is 0.410 e. The Morgan fingerprint density at radius 3 is 2.70 bits per heavy atom. The maximum absolute atomic E-state index is 13.9.